The zero-order valence-corrected chi connectivity index (χ0v) is 12.6. The van der Waals surface area contributed by atoms with E-state index in [0.717, 1.165) is 18.2 Å². The van der Waals surface area contributed by atoms with Gasteiger partial charge in [-0.3, -0.25) is 4.68 Å². The van der Waals surface area contributed by atoms with Crippen LogP contribution in [0.4, 0.5) is 18.0 Å². The fourth-order valence-electron chi connectivity index (χ4n) is 2.33. The van der Waals surface area contributed by atoms with E-state index in [1.807, 2.05) is 12.2 Å². The van der Waals surface area contributed by atoms with Crippen LogP contribution in [0.1, 0.15) is 30.7 Å². The second kappa shape index (κ2) is 6.15. The Bertz CT molecular complexity index is 544. The topological polar surface area (TPSA) is 68.2 Å². The summed E-state index contributed by atoms with van der Waals surface area (Å²) in [6.45, 7) is 3.19. The van der Waals surface area contributed by atoms with Crippen molar-refractivity contribution < 1.29 is 22.7 Å². The van der Waals surface area contributed by atoms with E-state index in [4.69, 9.17) is 4.74 Å². The number of aromatic nitrogens is 2. The number of ether oxygens (including phenoxy) is 1. The molecule has 1 aliphatic rings. The van der Waals surface area contributed by atoms with Crippen LogP contribution in [0.2, 0.25) is 0 Å². The molecule has 1 aliphatic heterocycles. The van der Waals surface area contributed by atoms with Crippen molar-refractivity contribution in [2.75, 3.05) is 6.61 Å². The fourth-order valence-corrected chi connectivity index (χ4v) is 2.33. The Morgan fingerprint density at radius 2 is 2.23 bits per heavy atom. The third-order valence-corrected chi connectivity index (χ3v) is 3.83. The number of nitrogens with zero attached hydrogens (tertiary/aromatic N) is 2. The molecular weight excluding hydrogens is 301 g/mol. The first-order valence-corrected chi connectivity index (χ1v) is 6.94. The maximum atomic E-state index is 12.4. The lowest BCUT2D eigenvalue weighted by atomic mass is 10.0. The fraction of sp³-hybridized carbons (Fsp3) is 0.692. The highest BCUT2D eigenvalue weighted by atomic mass is 19.4. The average Bonchev–Trinajstić information content (AvgIpc) is 2.97. The van der Waals surface area contributed by atoms with Gasteiger partial charge in [0, 0.05) is 24.9 Å². The van der Waals surface area contributed by atoms with E-state index in [1.165, 1.54) is 0 Å². The molecule has 2 amide bonds. The summed E-state index contributed by atoms with van der Waals surface area (Å²) in [6, 6.07) is -3.15. The summed E-state index contributed by atoms with van der Waals surface area (Å²) in [5.41, 5.74) is 1.72. The molecule has 2 heterocycles. The molecule has 1 fully saturated rings. The van der Waals surface area contributed by atoms with E-state index in [9.17, 15) is 18.0 Å². The van der Waals surface area contributed by atoms with Gasteiger partial charge in [-0.1, -0.05) is 0 Å². The summed E-state index contributed by atoms with van der Waals surface area (Å²) < 4.78 is 44.6. The van der Waals surface area contributed by atoms with E-state index in [0.29, 0.717) is 13.0 Å². The third-order valence-electron chi connectivity index (χ3n) is 3.83. The molecule has 0 bridgehead atoms. The molecule has 0 aliphatic carbocycles. The Morgan fingerprint density at radius 3 is 2.77 bits per heavy atom. The first-order chi connectivity index (χ1) is 10.2. The van der Waals surface area contributed by atoms with Crippen LogP contribution in [0.25, 0.3) is 0 Å². The second-order valence-corrected chi connectivity index (χ2v) is 5.38. The monoisotopic (exact) mass is 320 g/mol. The highest BCUT2D eigenvalue weighted by Gasteiger charge is 2.38. The van der Waals surface area contributed by atoms with Gasteiger partial charge in [-0.2, -0.15) is 18.3 Å². The largest absolute Gasteiger partial charge is 0.408 e. The molecule has 0 unspecified atom stereocenters. The Morgan fingerprint density at radius 1 is 1.55 bits per heavy atom. The maximum Gasteiger partial charge on any atom is 0.408 e. The molecule has 1 aromatic heterocycles. The Kier molecular flexibility index (Phi) is 4.64. The zero-order valence-electron chi connectivity index (χ0n) is 12.6. The molecule has 124 valence electrons. The molecule has 2 N–H and O–H groups in total. The summed E-state index contributed by atoms with van der Waals surface area (Å²) >= 11 is 0. The summed E-state index contributed by atoms with van der Waals surface area (Å²) in [7, 11) is 1.79. The Labute approximate surface area is 126 Å². The van der Waals surface area contributed by atoms with Crippen LogP contribution in [0, 0.1) is 6.92 Å². The van der Waals surface area contributed by atoms with Crippen molar-refractivity contribution in [3.63, 3.8) is 0 Å². The predicted molar refractivity (Wildman–Crippen MR) is 72.2 cm³/mol. The summed E-state index contributed by atoms with van der Waals surface area (Å²) in [5.74, 6) is 0. The number of urea groups is 1. The van der Waals surface area contributed by atoms with E-state index >= 15 is 0 Å². The first-order valence-electron chi connectivity index (χ1n) is 6.94. The molecule has 9 heteroatoms. The molecule has 1 aromatic rings. The number of alkyl halides is 3. The van der Waals surface area contributed by atoms with E-state index in [-0.39, 0.29) is 6.04 Å². The van der Waals surface area contributed by atoms with Crippen molar-refractivity contribution in [3.05, 3.63) is 17.5 Å². The van der Waals surface area contributed by atoms with Gasteiger partial charge in [-0.05, 0) is 20.3 Å². The number of hydrogen-bond donors (Lipinski definition) is 2. The summed E-state index contributed by atoms with van der Waals surface area (Å²) in [4.78, 5) is 11.7. The molecule has 0 spiro atoms. The van der Waals surface area contributed by atoms with Crippen LogP contribution >= 0.6 is 0 Å². The molecule has 1 saturated heterocycles. The van der Waals surface area contributed by atoms with Crippen molar-refractivity contribution >= 4 is 6.03 Å². The second-order valence-electron chi connectivity index (χ2n) is 5.38. The van der Waals surface area contributed by atoms with Gasteiger partial charge in [0.1, 0.15) is 12.1 Å². The van der Waals surface area contributed by atoms with Crippen molar-refractivity contribution in [3.8, 4) is 0 Å². The van der Waals surface area contributed by atoms with Crippen molar-refractivity contribution in [2.24, 2.45) is 7.05 Å². The molecule has 3 atom stereocenters. The van der Waals surface area contributed by atoms with Gasteiger partial charge in [-0.25, -0.2) is 4.79 Å². The Hall–Kier alpha value is -1.77. The van der Waals surface area contributed by atoms with E-state index in [2.05, 4.69) is 10.4 Å². The lowest BCUT2D eigenvalue weighted by Gasteiger charge is -2.22. The number of hydrogen-bond acceptors (Lipinski definition) is 3. The number of amides is 2. The van der Waals surface area contributed by atoms with Crippen LogP contribution < -0.4 is 10.6 Å². The normalized spacial score (nSPS) is 23.4. The molecule has 22 heavy (non-hydrogen) atoms. The quantitative estimate of drug-likeness (QED) is 0.892. The molecule has 0 radical (unpaired) electrons. The minimum Gasteiger partial charge on any atom is -0.371 e. The van der Waals surface area contributed by atoms with Crippen LogP contribution in [0.15, 0.2) is 6.20 Å². The average molecular weight is 320 g/mol. The number of carbonyl (C=O) groups excluding carboxylic acids is 1. The van der Waals surface area contributed by atoms with Gasteiger partial charge in [0.15, 0.2) is 0 Å². The smallest absolute Gasteiger partial charge is 0.371 e. The maximum absolute atomic E-state index is 12.4. The number of carbonyl (C=O) groups is 1. The highest BCUT2D eigenvalue weighted by Crippen LogP contribution is 2.31. The van der Waals surface area contributed by atoms with Crippen LogP contribution in [0.3, 0.4) is 0 Å². The molecule has 0 aromatic carbocycles. The predicted octanol–water partition coefficient (Wildman–Crippen LogP) is 1.81. The standard InChI is InChI=1S/C13H19F3N4O2/c1-7-9(6-17-20(7)3)11-10(4-5-22-11)19-12(21)18-8(2)13(14,15)16/h6,8,10-11H,4-5H2,1-3H3,(H2,18,19,21)/t8-,10-,11+/m0/s1. The van der Waals surface area contributed by atoms with Crippen molar-refractivity contribution in [1.82, 2.24) is 20.4 Å². The minimum absolute atomic E-state index is 0.386. The van der Waals surface area contributed by atoms with Crippen molar-refractivity contribution in [1.29, 1.82) is 0 Å². The number of halogens is 3. The number of rotatable bonds is 3. The molecule has 6 nitrogen and oxygen atoms in total. The lowest BCUT2D eigenvalue weighted by Crippen LogP contribution is -2.50. The van der Waals surface area contributed by atoms with Gasteiger partial charge in [0.05, 0.1) is 12.2 Å². The first kappa shape index (κ1) is 16.6. The molecule has 2 rings (SSSR count). The molecular formula is C13H19F3N4O2. The third kappa shape index (κ3) is 3.52. The van der Waals surface area contributed by atoms with Crippen molar-refractivity contribution in [2.45, 2.75) is 44.6 Å². The Balaban J connectivity index is 2.00. The minimum atomic E-state index is -4.47. The van der Waals surface area contributed by atoms with Crippen LogP contribution in [-0.2, 0) is 11.8 Å². The number of aryl methyl sites for hydroxylation is 1. The number of nitrogens with one attached hydrogen (secondary N) is 2. The van der Waals surface area contributed by atoms with Gasteiger partial charge in [0.2, 0.25) is 0 Å². The van der Waals surface area contributed by atoms with Gasteiger partial charge in [0.25, 0.3) is 0 Å². The summed E-state index contributed by atoms with van der Waals surface area (Å²) in [5, 5.41) is 8.56. The SMILES string of the molecule is Cc1c([C@H]2OCC[C@@H]2NC(=O)N[C@@H](C)C(F)(F)F)cnn1C. The van der Waals surface area contributed by atoms with Gasteiger partial charge in [-0.15, -0.1) is 0 Å². The van der Waals surface area contributed by atoms with Crippen LogP contribution in [-0.4, -0.2) is 40.7 Å². The zero-order chi connectivity index (χ0) is 16.5. The van der Waals surface area contributed by atoms with E-state index in [1.54, 1.807) is 17.9 Å². The highest BCUT2D eigenvalue weighted by molar-refractivity contribution is 5.74. The van der Waals surface area contributed by atoms with Gasteiger partial charge >= 0.3 is 12.2 Å². The lowest BCUT2D eigenvalue weighted by molar-refractivity contribution is -0.148. The van der Waals surface area contributed by atoms with Gasteiger partial charge < -0.3 is 15.4 Å². The van der Waals surface area contributed by atoms with E-state index < -0.39 is 24.4 Å². The summed E-state index contributed by atoms with van der Waals surface area (Å²) in [6.07, 6.45) is -2.69. The molecule has 0 saturated carbocycles. The van der Waals surface area contributed by atoms with Crippen LogP contribution in [0.5, 0.6) is 0 Å².